The second kappa shape index (κ2) is 8.83. The Balaban J connectivity index is 1.60. The second-order valence-corrected chi connectivity index (χ2v) is 6.71. The predicted molar refractivity (Wildman–Crippen MR) is 100 cm³/mol. The highest BCUT2D eigenvalue weighted by atomic mass is 19.1. The maximum absolute atomic E-state index is 13.1. The van der Waals surface area contributed by atoms with Gasteiger partial charge < -0.3 is 5.32 Å². The average molecular weight is 371 g/mol. The highest BCUT2D eigenvalue weighted by molar-refractivity contribution is 5.96. The Labute approximate surface area is 157 Å². The molecule has 1 aliphatic rings. The van der Waals surface area contributed by atoms with Gasteiger partial charge in [0.15, 0.2) is 5.78 Å². The molecule has 1 heterocycles. The molecule has 1 unspecified atom stereocenters. The van der Waals surface area contributed by atoms with Crippen molar-refractivity contribution in [2.45, 2.75) is 18.9 Å². The van der Waals surface area contributed by atoms with Crippen LogP contribution in [0.15, 0.2) is 48.5 Å². The number of non-ortho nitro benzene ring substituents is 1. The van der Waals surface area contributed by atoms with Crippen molar-refractivity contribution in [1.29, 1.82) is 0 Å². The summed E-state index contributed by atoms with van der Waals surface area (Å²) in [6.07, 6.45) is 1.08. The van der Waals surface area contributed by atoms with E-state index in [0.717, 1.165) is 31.6 Å². The summed E-state index contributed by atoms with van der Waals surface area (Å²) < 4.78 is 13.1. The van der Waals surface area contributed by atoms with Crippen LogP contribution in [0.1, 0.15) is 22.3 Å². The first kappa shape index (κ1) is 19.1. The Kier molecular flexibility index (Phi) is 6.26. The maximum atomic E-state index is 13.1. The third-order valence-electron chi connectivity index (χ3n) is 4.86. The van der Waals surface area contributed by atoms with Gasteiger partial charge in [0, 0.05) is 56.3 Å². The van der Waals surface area contributed by atoms with Gasteiger partial charge in [0.2, 0.25) is 0 Å². The molecular formula is C20H22FN3O3. The van der Waals surface area contributed by atoms with E-state index in [0.29, 0.717) is 18.5 Å². The van der Waals surface area contributed by atoms with Crippen molar-refractivity contribution in [3.05, 3.63) is 75.6 Å². The lowest BCUT2D eigenvalue weighted by Gasteiger charge is -2.36. The molecule has 1 N–H and O–H groups in total. The Morgan fingerprint density at radius 2 is 2.04 bits per heavy atom. The van der Waals surface area contributed by atoms with Crippen molar-refractivity contribution in [3.8, 4) is 0 Å². The highest BCUT2D eigenvalue weighted by Crippen LogP contribution is 2.16. The third kappa shape index (κ3) is 5.18. The standard InChI is InChI=1S/C20H22FN3O3/c21-17-6-4-15(5-7-17)12-19-14-22-9-11-23(19)10-8-20(25)16-2-1-3-18(13-16)24(26)27/h1-7,13,19,22H,8-12,14H2. The fraction of sp³-hybridized carbons (Fsp3) is 0.350. The summed E-state index contributed by atoms with van der Waals surface area (Å²) in [6, 6.07) is 12.6. The van der Waals surface area contributed by atoms with Crippen molar-refractivity contribution in [2.75, 3.05) is 26.2 Å². The van der Waals surface area contributed by atoms with Gasteiger partial charge in [-0.25, -0.2) is 4.39 Å². The predicted octanol–water partition coefficient (Wildman–Crippen LogP) is 2.82. The van der Waals surface area contributed by atoms with E-state index >= 15 is 0 Å². The fourth-order valence-corrected chi connectivity index (χ4v) is 3.37. The third-order valence-corrected chi connectivity index (χ3v) is 4.86. The van der Waals surface area contributed by atoms with Crippen LogP contribution in [0, 0.1) is 15.9 Å². The van der Waals surface area contributed by atoms with Gasteiger partial charge in [-0.05, 0) is 24.1 Å². The van der Waals surface area contributed by atoms with Crippen LogP contribution >= 0.6 is 0 Å². The normalized spacial score (nSPS) is 17.6. The Morgan fingerprint density at radius 1 is 1.26 bits per heavy atom. The molecule has 142 valence electrons. The zero-order valence-electron chi connectivity index (χ0n) is 14.9. The molecule has 0 bridgehead atoms. The van der Waals surface area contributed by atoms with Gasteiger partial charge in [0.1, 0.15) is 5.82 Å². The molecular weight excluding hydrogens is 349 g/mol. The zero-order chi connectivity index (χ0) is 19.2. The molecule has 1 aliphatic heterocycles. The number of ketones is 1. The Bertz CT molecular complexity index is 810. The van der Waals surface area contributed by atoms with Crippen LogP contribution in [-0.4, -0.2) is 47.8 Å². The average Bonchev–Trinajstić information content (AvgIpc) is 2.69. The van der Waals surface area contributed by atoms with Gasteiger partial charge >= 0.3 is 0 Å². The summed E-state index contributed by atoms with van der Waals surface area (Å²) in [6.45, 7) is 3.08. The van der Waals surface area contributed by atoms with E-state index in [9.17, 15) is 19.3 Å². The van der Waals surface area contributed by atoms with Crippen LogP contribution in [-0.2, 0) is 6.42 Å². The first-order valence-corrected chi connectivity index (χ1v) is 9.00. The Hall–Kier alpha value is -2.64. The maximum Gasteiger partial charge on any atom is 0.270 e. The van der Waals surface area contributed by atoms with Gasteiger partial charge in [-0.15, -0.1) is 0 Å². The van der Waals surface area contributed by atoms with E-state index in [1.165, 1.54) is 30.3 Å². The molecule has 7 heteroatoms. The van der Waals surface area contributed by atoms with Gasteiger partial charge in [-0.3, -0.25) is 19.8 Å². The number of hydrogen-bond donors (Lipinski definition) is 1. The molecule has 0 amide bonds. The number of carbonyl (C=O) groups is 1. The van der Waals surface area contributed by atoms with Crippen molar-refractivity contribution in [2.24, 2.45) is 0 Å². The van der Waals surface area contributed by atoms with Gasteiger partial charge in [0.05, 0.1) is 4.92 Å². The summed E-state index contributed by atoms with van der Waals surface area (Å²) in [5.74, 6) is -0.349. The van der Waals surface area contributed by atoms with Crippen molar-refractivity contribution < 1.29 is 14.1 Å². The quantitative estimate of drug-likeness (QED) is 0.460. The Morgan fingerprint density at radius 3 is 2.78 bits per heavy atom. The number of halogens is 1. The molecule has 1 saturated heterocycles. The first-order chi connectivity index (χ1) is 13.0. The molecule has 0 aromatic heterocycles. The minimum absolute atomic E-state index is 0.0720. The van der Waals surface area contributed by atoms with E-state index in [2.05, 4.69) is 10.2 Å². The number of carbonyl (C=O) groups excluding carboxylic acids is 1. The number of rotatable bonds is 7. The smallest absolute Gasteiger partial charge is 0.270 e. The van der Waals surface area contributed by atoms with Gasteiger partial charge in [-0.1, -0.05) is 24.3 Å². The number of nitro benzene ring substituents is 1. The van der Waals surface area contributed by atoms with E-state index in [-0.39, 0.29) is 23.3 Å². The first-order valence-electron chi connectivity index (χ1n) is 9.00. The monoisotopic (exact) mass is 371 g/mol. The molecule has 0 saturated carbocycles. The molecule has 2 aromatic carbocycles. The summed E-state index contributed by atoms with van der Waals surface area (Å²) in [5, 5.41) is 14.2. The van der Waals surface area contributed by atoms with E-state index in [4.69, 9.17) is 0 Å². The summed E-state index contributed by atoms with van der Waals surface area (Å²) in [5.41, 5.74) is 1.35. The molecule has 6 nitrogen and oxygen atoms in total. The van der Waals surface area contributed by atoms with Crippen molar-refractivity contribution in [3.63, 3.8) is 0 Å². The lowest BCUT2D eigenvalue weighted by atomic mass is 10.0. The largest absolute Gasteiger partial charge is 0.314 e. The number of nitrogens with zero attached hydrogens (tertiary/aromatic N) is 2. The fourth-order valence-electron chi connectivity index (χ4n) is 3.37. The highest BCUT2D eigenvalue weighted by Gasteiger charge is 2.23. The molecule has 3 rings (SSSR count). The van der Waals surface area contributed by atoms with E-state index < -0.39 is 4.92 Å². The lowest BCUT2D eigenvalue weighted by Crippen LogP contribution is -2.52. The molecule has 1 atom stereocenters. The van der Waals surface area contributed by atoms with Gasteiger partial charge in [0.25, 0.3) is 5.69 Å². The minimum atomic E-state index is -0.494. The van der Waals surface area contributed by atoms with Crippen LogP contribution in [0.3, 0.4) is 0 Å². The second-order valence-electron chi connectivity index (χ2n) is 6.71. The van der Waals surface area contributed by atoms with Crippen LogP contribution in [0.4, 0.5) is 10.1 Å². The molecule has 2 aromatic rings. The van der Waals surface area contributed by atoms with Crippen LogP contribution in [0.2, 0.25) is 0 Å². The number of nitro groups is 1. The van der Waals surface area contributed by atoms with Crippen LogP contribution in [0.25, 0.3) is 0 Å². The molecule has 1 fully saturated rings. The van der Waals surface area contributed by atoms with E-state index in [1.54, 1.807) is 18.2 Å². The van der Waals surface area contributed by atoms with E-state index in [1.807, 2.05) is 0 Å². The van der Waals surface area contributed by atoms with Crippen LogP contribution in [0.5, 0.6) is 0 Å². The number of benzene rings is 2. The van der Waals surface area contributed by atoms with Crippen LogP contribution < -0.4 is 5.32 Å². The minimum Gasteiger partial charge on any atom is -0.314 e. The molecule has 0 spiro atoms. The van der Waals surface area contributed by atoms with Crippen molar-refractivity contribution in [1.82, 2.24) is 10.2 Å². The number of Topliss-reactive ketones (excluding diaryl/α,β-unsaturated/α-hetero) is 1. The molecule has 0 aliphatic carbocycles. The molecule has 27 heavy (non-hydrogen) atoms. The topological polar surface area (TPSA) is 75.5 Å². The number of hydrogen-bond acceptors (Lipinski definition) is 5. The summed E-state index contributed by atoms with van der Waals surface area (Å²) in [7, 11) is 0. The van der Waals surface area contributed by atoms with Gasteiger partial charge in [-0.2, -0.15) is 0 Å². The lowest BCUT2D eigenvalue weighted by molar-refractivity contribution is -0.384. The summed E-state index contributed by atoms with van der Waals surface area (Å²) in [4.78, 5) is 25.1. The SMILES string of the molecule is O=C(CCN1CCNCC1Cc1ccc(F)cc1)c1cccc([N+](=O)[O-])c1. The van der Waals surface area contributed by atoms with Crippen molar-refractivity contribution >= 4 is 11.5 Å². The zero-order valence-corrected chi connectivity index (χ0v) is 14.9. The molecule has 0 radical (unpaired) electrons. The summed E-state index contributed by atoms with van der Waals surface area (Å²) >= 11 is 0. The number of nitrogens with one attached hydrogen (secondary N) is 1. The number of piperazine rings is 1.